The van der Waals surface area contributed by atoms with Gasteiger partial charge in [-0.3, -0.25) is 9.20 Å². The highest BCUT2D eigenvalue weighted by molar-refractivity contribution is 8.00. The molecule has 0 fully saturated rings. The Morgan fingerprint density at radius 1 is 1.59 bits per heavy atom. The molecule has 4 nitrogen and oxygen atoms in total. The number of fused-ring (bicyclic) bond motifs is 1. The Kier molecular flexibility index (Phi) is 3.68. The van der Waals surface area contributed by atoms with Gasteiger partial charge in [0.2, 0.25) is 0 Å². The number of hydrogen-bond acceptors (Lipinski definition) is 4. The molecule has 0 bridgehead atoms. The van der Waals surface area contributed by atoms with E-state index in [1.54, 1.807) is 13.1 Å². The van der Waals surface area contributed by atoms with Crippen LogP contribution in [0.15, 0.2) is 35.7 Å². The van der Waals surface area contributed by atoms with Crippen molar-refractivity contribution in [3.05, 3.63) is 30.6 Å². The first kappa shape index (κ1) is 12.0. The van der Waals surface area contributed by atoms with Gasteiger partial charge >= 0.3 is 5.97 Å². The molecule has 0 aliphatic heterocycles. The summed E-state index contributed by atoms with van der Waals surface area (Å²) in [4.78, 5) is 15.8. The number of imidazole rings is 1. The zero-order valence-electron chi connectivity index (χ0n) is 9.79. The predicted molar refractivity (Wildman–Crippen MR) is 67.1 cm³/mol. The second-order valence-electron chi connectivity index (χ2n) is 3.55. The average Bonchev–Trinajstić information content (AvgIpc) is 2.73. The molecule has 90 valence electrons. The molecule has 0 saturated heterocycles. The summed E-state index contributed by atoms with van der Waals surface area (Å²) in [6.45, 7) is 4.04. The molecule has 2 rings (SSSR count). The van der Waals surface area contributed by atoms with Crippen molar-refractivity contribution in [2.24, 2.45) is 0 Å². The zero-order chi connectivity index (χ0) is 12.3. The fraction of sp³-hybridized carbons (Fsp3) is 0.333. The first-order chi connectivity index (χ1) is 8.22. The van der Waals surface area contributed by atoms with E-state index < -0.39 is 0 Å². The lowest BCUT2D eigenvalue weighted by Gasteiger charge is -2.08. The lowest BCUT2D eigenvalue weighted by atomic mass is 10.4. The van der Waals surface area contributed by atoms with Crippen molar-refractivity contribution in [3.63, 3.8) is 0 Å². The van der Waals surface area contributed by atoms with E-state index in [2.05, 4.69) is 4.98 Å². The Morgan fingerprint density at radius 2 is 2.41 bits per heavy atom. The molecular formula is C12H14N2O2S. The van der Waals surface area contributed by atoms with Crippen LogP contribution in [0.3, 0.4) is 0 Å². The molecular weight excluding hydrogens is 236 g/mol. The first-order valence-electron chi connectivity index (χ1n) is 5.47. The molecule has 2 aromatic heterocycles. The predicted octanol–water partition coefficient (Wildman–Crippen LogP) is 2.38. The number of rotatable bonds is 4. The van der Waals surface area contributed by atoms with Gasteiger partial charge in [0.15, 0.2) is 5.16 Å². The van der Waals surface area contributed by atoms with Gasteiger partial charge in [0.05, 0.1) is 18.3 Å². The second-order valence-corrected chi connectivity index (χ2v) is 4.86. The van der Waals surface area contributed by atoms with Crippen LogP contribution in [0.2, 0.25) is 0 Å². The minimum absolute atomic E-state index is 0.204. The minimum Gasteiger partial charge on any atom is -0.465 e. The third-order valence-corrected chi connectivity index (χ3v) is 3.36. The molecule has 0 unspecified atom stereocenters. The quantitative estimate of drug-likeness (QED) is 0.617. The average molecular weight is 250 g/mol. The van der Waals surface area contributed by atoms with Gasteiger partial charge in [0.25, 0.3) is 0 Å². The van der Waals surface area contributed by atoms with Crippen molar-refractivity contribution in [3.8, 4) is 0 Å². The Balaban J connectivity index is 2.16. The maximum absolute atomic E-state index is 11.5. The van der Waals surface area contributed by atoms with E-state index >= 15 is 0 Å². The summed E-state index contributed by atoms with van der Waals surface area (Å²) >= 11 is 1.41. The monoisotopic (exact) mass is 250 g/mol. The van der Waals surface area contributed by atoms with E-state index in [-0.39, 0.29) is 11.2 Å². The van der Waals surface area contributed by atoms with Crippen molar-refractivity contribution >= 4 is 23.2 Å². The van der Waals surface area contributed by atoms with E-state index in [1.807, 2.05) is 35.7 Å². The fourth-order valence-corrected chi connectivity index (χ4v) is 2.35. The number of thioether (sulfide) groups is 1. The van der Waals surface area contributed by atoms with Crippen LogP contribution >= 0.6 is 11.8 Å². The standard InChI is InChI=1S/C12H14N2O2S/c1-3-16-11(15)9(2)17-12-13-8-10-6-4-5-7-14(10)12/h4-9H,3H2,1-2H3/t9-/m0/s1. The third kappa shape index (κ3) is 2.61. The smallest absolute Gasteiger partial charge is 0.319 e. The van der Waals surface area contributed by atoms with E-state index in [1.165, 1.54) is 11.8 Å². The van der Waals surface area contributed by atoms with Crippen LogP contribution in [-0.4, -0.2) is 27.2 Å². The van der Waals surface area contributed by atoms with Crippen molar-refractivity contribution in [1.82, 2.24) is 9.38 Å². The number of ether oxygens (including phenoxy) is 1. The highest BCUT2D eigenvalue weighted by Gasteiger charge is 2.17. The maximum atomic E-state index is 11.5. The number of aromatic nitrogens is 2. The van der Waals surface area contributed by atoms with Crippen LogP contribution in [0, 0.1) is 0 Å². The lowest BCUT2D eigenvalue weighted by Crippen LogP contribution is -2.17. The Bertz CT molecular complexity index is 524. The summed E-state index contributed by atoms with van der Waals surface area (Å²) in [5.41, 5.74) is 1.02. The first-order valence-corrected chi connectivity index (χ1v) is 6.35. The molecule has 2 aromatic rings. The van der Waals surface area contributed by atoms with E-state index in [0.29, 0.717) is 6.61 Å². The van der Waals surface area contributed by atoms with Gasteiger partial charge < -0.3 is 4.74 Å². The van der Waals surface area contributed by atoms with Crippen LogP contribution in [0.25, 0.3) is 5.52 Å². The zero-order valence-corrected chi connectivity index (χ0v) is 10.6. The molecule has 0 radical (unpaired) electrons. The van der Waals surface area contributed by atoms with Gasteiger partial charge in [-0.2, -0.15) is 0 Å². The summed E-state index contributed by atoms with van der Waals surface area (Å²) in [5.74, 6) is -0.204. The Labute approximate surface area is 104 Å². The summed E-state index contributed by atoms with van der Waals surface area (Å²) in [7, 11) is 0. The number of nitrogens with zero attached hydrogens (tertiary/aromatic N) is 2. The molecule has 0 amide bonds. The molecule has 1 atom stereocenters. The van der Waals surface area contributed by atoms with Gasteiger partial charge in [-0.25, -0.2) is 4.98 Å². The Hall–Kier alpha value is -1.49. The summed E-state index contributed by atoms with van der Waals surface area (Å²) in [6.07, 6.45) is 3.72. The highest BCUT2D eigenvalue weighted by atomic mass is 32.2. The maximum Gasteiger partial charge on any atom is 0.319 e. The highest BCUT2D eigenvalue weighted by Crippen LogP contribution is 2.23. The van der Waals surface area contributed by atoms with Crippen molar-refractivity contribution in [1.29, 1.82) is 0 Å². The van der Waals surface area contributed by atoms with Crippen LogP contribution < -0.4 is 0 Å². The third-order valence-electron chi connectivity index (χ3n) is 2.31. The number of esters is 1. The normalized spacial score (nSPS) is 12.6. The van der Waals surface area contributed by atoms with Crippen LogP contribution in [-0.2, 0) is 9.53 Å². The van der Waals surface area contributed by atoms with Crippen LogP contribution in [0.5, 0.6) is 0 Å². The molecule has 0 aliphatic rings. The van der Waals surface area contributed by atoms with E-state index in [4.69, 9.17) is 4.74 Å². The fourth-order valence-electron chi connectivity index (χ4n) is 1.47. The van der Waals surface area contributed by atoms with Gasteiger partial charge in [0.1, 0.15) is 5.25 Å². The number of carbonyl (C=O) groups excluding carboxylic acids is 1. The lowest BCUT2D eigenvalue weighted by molar-refractivity contribution is -0.142. The molecule has 0 aliphatic carbocycles. The van der Waals surface area contributed by atoms with Crippen LogP contribution in [0.1, 0.15) is 13.8 Å². The summed E-state index contributed by atoms with van der Waals surface area (Å²) < 4.78 is 6.93. The van der Waals surface area contributed by atoms with E-state index in [9.17, 15) is 4.79 Å². The Morgan fingerprint density at radius 3 is 3.18 bits per heavy atom. The van der Waals surface area contributed by atoms with E-state index in [0.717, 1.165) is 10.7 Å². The molecule has 5 heteroatoms. The topological polar surface area (TPSA) is 43.6 Å². The second kappa shape index (κ2) is 5.23. The molecule has 2 heterocycles. The van der Waals surface area contributed by atoms with Gasteiger partial charge in [-0.1, -0.05) is 17.8 Å². The summed E-state index contributed by atoms with van der Waals surface area (Å²) in [5, 5.41) is 0.557. The number of carbonyl (C=O) groups is 1. The van der Waals surface area contributed by atoms with Crippen LogP contribution in [0.4, 0.5) is 0 Å². The molecule has 0 aromatic carbocycles. The number of pyridine rings is 1. The SMILES string of the molecule is CCOC(=O)[C@H](C)Sc1ncc2ccccn12. The minimum atomic E-state index is -0.249. The summed E-state index contributed by atoms with van der Waals surface area (Å²) in [6, 6.07) is 5.88. The molecule has 17 heavy (non-hydrogen) atoms. The largest absolute Gasteiger partial charge is 0.465 e. The van der Waals surface area contributed by atoms with Gasteiger partial charge in [-0.15, -0.1) is 0 Å². The molecule has 0 spiro atoms. The van der Waals surface area contributed by atoms with Crippen molar-refractivity contribution in [2.75, 3.05) is 6.61 Å². The molecule has 0 saturated carbocycles. The van der Waals surface area contributed by atoms with Crippen molar-refractivity contribution < 1.29 is 9.53 Å². The van der Waals surface area contributed by atoms with Crippen molar-refractivity contribution in [2.45, 2.75) is 24.3 Å². The molecule has 0 N–H and O–H groups in total. The van der Waals surface area contributed by atoms with Gasteiger partial charge in [0, 0.05) is 6.20 Å². The van der Waals surface area contributed by atoms with Gasteiger partial charge in [-0.05, 0) is 26.0 Å². The number of hydrogen-bond donors (Lipinski definition) is 0.